The Morgan fingerprint density at radius 1 is 1.27 bits per heavy atom. The smallest absolute Gasteiger partial charge is 0.236 e. The van der Waals surface area contributed by atoms with E-state index in [1.807, 2.05) is 29.2 Å². The third kappa shape index (κ3) is 7.86. The molecular weight excluding hydrogens is 418 g/mol. The molecule has 0 aromatic heterocycles. The lowest BCUT2D eigenvalue weighted by atomic mass is 9.82. The van der Waals surface area contributed by atoms with Crippen LogP contribution in [0, 0.1) is 17.8 Å². The highest BCUT2D eigenvalue weighted by atomic mass is 16.5. The molecule has 0 spiro atoms. The summed E-state index contributed by atoms with van der Waals surface area (Å²) in [6.45, 7) is 9.12. The van der Waals surface area contributed by atoms with Crippen LogP contribution in [0.15, 0.2) is 36.4 Å². The second-order valence-corrected chi connectivity index (χ2v) is 9.51. The van der Waals surface area contributed by atoms with Crippen molar-refractivity contribution in [3.05, 3.63) is 42.0 Å². The zero-order valence-corrected chi connectivity index (χ0v) is 20.3. The SMILES string of the molecule is COCCNC(=O)C[C@@H]1CCN2C[C@@H]1C=CCOc1ccccc1CN(CC(C)C)CC2=O. The number of rotatable bonds is 7. The summed E-state index contributed by atoms with van der Waals surface area (Å²) < 4.78 is 11.1. The topological polar surface area (TPSA) is 71.1 Å². The Morgan fingerprint density at radius 2 is 2.09 bits per heavy atom. The number of para-hydroxylation sites is 1. The first-order chi connectivity index (χ1) is 16.0. The Balaban J connectivity index is 1.76. The van der Waals surface area contributed by atoms with Crippen LogP contribution in [0.1, 0.15) is 32.3 Å². The quantitative estimate of drug-likeness (QED) is 0.504. The zero-order chi connectivity index (χ0) is 23.6. The molecule has 33 heavy (non-hydrogen) atoms. The van der Waals surface area contributed by atoms with Crippen molar-refractivity contribution < 1.29 is 19.1 Å². The van der Waals surface area contributed by atoms with Crippen LogP contribution in [-0.2, 0) is 20.9 Å². The number of piperidine rings is 1. The summed E-state index contributed by atoms with van der Waals surface area (Å²) in [5, 5.41) is 2.93. The monoisotopic (exact) mass is 457 g/mol. The molecule has 1 aromatic carbocycles. The highest BCUT2D eigenvalue weighted by Crippen LogP contribution is 2.29. The summed E-state index contributed by atoms with van der Waals surface area (Å²) >= 11 is 0. The second-order valence-electron chi connectivity index (χ2n) is 9.51. The van der Waals surface area contributed by atoms with E-state index in [-0.39, 0.29) is 23.7 Å². The van der Waals surface area contributed by atoms with Gasteiger partial charge in [0.1, 0.15) is 12.4 Å². The third-order valence-corrected chi connectivity index (χ3v) is 6.30. The van der Waals surface area contributed by atoms with E-state index in [2.05, 4.69) is 36.2 Å². The van der Waals surface area contributed by atoms with Crippen LogP contribution in [0.3, 0.4) is 0 Å². The van der Waals surface area contributed by atoms with E-state index in [4.69, 9.17) is 9.47 Å². The average Bonchev–Trinajstić information content (AvgIpc) is 2.78. The number of hydrogen-bond acceptors (Lipinski definition) is 5. The van der Waals surface area contributed by atoms with Crippen LogP contribution in [-0.4, -0.2) is 74.7 Å². The lowest BCUT2D eigenvalue weighted by Crippen LogP contribution is -2.48. The van der Waals surface area contributed by atoms with Gasteiger partial charge in [0.2, 0.25) is 11.8 Å². The zero-order valence-electron chi connectivity index (χ0n) is 20.3. The maximum Gasteiger partial charge on any atom is 0.236 e. The molecule has 3 rings (SSSR count). The first-order valence-corrected chi connectivity index (χ1v) is 12.1. The normalized spacial score (nSPS) is 22.1. The van der Waals surface area contributed by atoms with Crippen molar-refractivity contribution in [1.82, 2.24) is 15.1 Å². The van der Waals surface area contributed by atoms with E-state index in [1.165, 1.54) is 0 Å². The van der Waals surface area contributed by atoms with Gasteiger partial charge in [-0.3, -0.25) is 14.5 Å². The summed E-state index contributed by atoms with van der Waals surface area (Å²) in [5.74, 6) is 1.86. The van der Waals surface area contributed by atoms with Crippen molar-refractivity contribution in [2.45, 2.75) is 33.2 Å². The molecule has 7 heteroatoms. The molecule has 1 N–H and O–H groups in total. The Hall–Kier alpha value is -2.38. The minimum absolute atomic E-state index is 0.0430. The van der Waals surface area contributed by atoms with Crippen LogP contribution in [0.4, 0.5) is 0 Å². The van der Waals surface area contributed by atoms with E-state index >= 15 is 0 Å². The first kappa shape index (κ1) is 25.2. The van der Waals surface area contributed by atoms with Crippen molar-refractivity contribution in [3.8, 4) is 5.75 Å². The first-order valence-electron chi connectivity index (χ1n) is 12.1. The summed E-state index contributed by atoms with van der Waals surface area (Å²) in [5.41, 5.74) is 1.10. The van der Waals surface area contributed by atoms with E-state index in [1.54, 1.807) is 7.11 Å². The van der Waals surface area contributed by atoms with Gasteiger partial charge in [-0.25, -0.2) is 0 Å². The molecule has 182 valence electrons. The summed E-state index contributed by atoms with van der Waals surface area (Å²) in [6.07, 6.45) is 5.46. The number of nitrogens with one attached hydrogen (secondary N) is 1. The Kier molecular flexibility index (Phi) is 9.76. The molecule has 1 saturated heterocycles. The van der Waals surface area contributed by atoms with Gasteiger partial charge in [-0.2, -0.15) is 0 Å². The van der Waals surface area contributed by atoms with E-state index in [0.29, 0.717) is 58.3 Å². The summed E-state index contributed by atoms with van der Waals surface area (Å²) in [4.78, 5) is 29.9. The Labute approximate surface area is 198 Å². The third-order valence-electron chi connectivity index (χ3n) is 6.30. The molecule has 2 aliphatic rings. The molecule has 2 bridgehead atoms. The summed E-state index contributed by atoms with van der Waals surface area (Å²) in [7, 11) is 1.62. The number of nitrogens with zero attached hydrogens (tertiary/aromatic N) is 2. The maximum atomic E-state index is 13.3. The average molecular weight is 458 g/mol. The number of benzene rings is 1. The van der Waals surface area contributed by atoms with Crippen LogP contribution in [0.2, 0.25) is 0 Å². The molecule has 0 unspecified atom stereocenters. The van der Waals surface area contributed by atoms with Crippen molar-refractivity contribution in [2.24, 2.45) is 17.8 Å². The number of ether oxygens (including phenoxy) is 2. The number of carbonyl (C=O) groups is 2. The Morgan fingerprint density at radius 3 is 2.88 bits per heavy atom. The van der Waals surface area contributed by atoms with Crippen molar-refractivity contribution in [2.75, 3.05) is 53.0 Å². The number of hydrogen-bond donors (Lipinski definition) is 1. The van der Waals surface area contributed by atoms with Crippen LogP contribution in [0.25, 0.3) is 0 Å². The molecule has 2 aliphatic heterocycles. The maximum absolute atomic E-state index is 13.3. The summed E-state index contributed by atoms with van der Waals surface area (Å²) in [6, 6.07) is 8.07. The molecule has 0 radical (unpaired) electrons. The molecule has 1 fully saturated rings. The largest absolute Gasteiger partial charge is 0.489 e. The van der Waals surface area contributed by atoms with Gasteiger partial charge in [-0.15, -0.1) is 0 Å². The fraction of sp³-hybridized carbons (Fsp3) is 0.615. The predicted molar refractivity (Wildman–Crippen MR) is 129 cm³/mol. The van der Waals surface area contributed by atoms with Gasteiger partial charge in [0.15, 0.2) is 0 Å². The highest BCUT2D eigenvalue weighted by molar-refractivity contribution is 5.79. The number of methoxy groups -OCH3 is 1. The predicted octanol–water partition coefficient (Wildman–Crippen LogP) is 2.71. The molecule has 0 saturated carbocycles. The van der Waals surface area contributed by atoms with Gasteiger partial charge in [-0.05, 0) is 30.2 Å². The van der Waals surface area contributed by atoms with Crippen LogP contribution in [0.5, 0.6) is 5.75 Å². The number of fused-ring (bicyclic) bond motifs is 3. The van der Waals surface area contributed by atoms with E-state index in [9.17, 15) is 9.59 Å². The van der Waals surface area contributed by atoms with Gasteiger partial charge >= 0.3 is 0 Å². The van der Waals surface area contributed by atoms with Gasteiger partial charge in [0, 0.05) is 51.8 Å². The number of amides is 2. The number of carbonyl (C=O) groups excluding carboxylic acids is 2. The van der Waals surface area contributed by atoms with Crippen molar-refractivity contribution >= 4 is 11.8 Å². The van der Waals surface area contributed by atoms with Gasteiger partial charge < -0.3 is 19.7 Å². The lowest BCUT2D eigenvalue weighted by Gasteiger charge is -2.38. The van der Waals surface area contributed by atoms with Gasteiger partial charge in [0.05, 0.1) is 13.2 Å². The molecule has 2 amide bonds. The standard InChI is InChI=1S/C26H39N3O4/c1-20(2)16-28-17-23-7-4-5-9-24(23)33-13-6-8-22-18-29(26(31)19-28)12-10-21(22)15-25(30)27-11-14-32-3/h4-9,20-22H,10-19H2,1-3H3,(H,27,30)/t21-,22-/m0/s1. The lowest BCUT2D eigenvalue weighted by molar-refractivity contribution is -0.135. The molecule has 2 atom stereocenters. The minimum Gasteiger partial charge on any atom is -0.489 e. The fourth-order valence-corrected chi connectivity index (χ4v) is 4.71. The van der Waals surface area contributed by atoms with Crippen LogP contribution >= 0.6 is 0 Å². The fourth-order valence-electron chi connectivity index (χ4n) is 4.71. The second kappa shape index (κ2) is 12.8. The van der Waals surface area contributed by atoms with E-state index < -0.39 is 0 Å². The van der Waals surface area contributed by atoms with Gasteiger partial charge in [0.25, 0.3) is 0 Å². The molecule has 7 nitrogen and oxygen atoms in total. The Bertz CT molecular complexity index is 810. The van der Waals surface area contributed by atoms with Crippen LogP contribution < -0.4 is 10.1 Å². The molecule has 2 heterocycles. The van der Waals surface area contributed by atoms with Gasteiger partial charge in [-0.1, -0.05) is 44.2 Å². The minimum atomic E-state index is 0.0430. The van der Waals surface area contributed by atoms with E-state index in [0.717, 1.165) is 24.3 Å². The molecule has 1 aromatic rings. The van der Waals surface area contributed by atoms with Crippen molar-refractivity contribution in [1.29, 1.82) is 0 Å². The molecule has 0 aliphatic carbocycles. The van der Waals surface area contributed by atoms with Crippen molar-refractivity contribution in [3.63, 3.8) is 0 Å². The molecular formula is C26H39N3O4. The highest BCUT2D eigenvalue weighted by Gasteiger charge is 2.32.